The van der Waals surface area contributed by atoms with Crippen LogP contribution in [0, 0.1) is 0 Å². The smallest absolute Gasteiger partial charge is 0.341 e. The molecular formula is C9H7NO3S. The van der Waals surface area contributed by atoms with Gasteiger partial charge in [-0.05, 0) is 22.9 Å². The van der Waals surface area contributed by atoms with Crippen molar-refractivity contribution < 1.29 is 15.0 Å². The third-order valence-electron chi connectivity index (χ3n) is 1.96. The SMILES string of the molecule is Nc1cc2ccsc2c(O)c1C(=O)O. The summed E-state index contributed by atoms with van der Waals surface area (Å²) < 4.78 is 0.552. The lowest BCUT2D eigenvalue weighted by Gasteiger charge is -2.04. The van der Waals surface area contributed by atoms with E-state index < -0.39 is 5.97 Å². The second-order valence-corrected chi connectivity index (χ2v) is 3.75. The Hall–Kier alpha value is -1.75. The molecule has 0 unspecified atom stereocenters. The van der Waals surface area contributed by atoms with Crippen LogP contribution in [0.15, 0.2) is 17.5 Å². The molecule has 0 aliphatic carbocycles. The molecule has 4 N–H and O–H groups in total. The Labute approximate surface area is 83.2 Å². The van der Waals surface area contributed by atoms with E-state index in [4.69, 9.17) is 10.8 Å². The Morgan fingerprint density at radius 3 is 2.86 bits per heavy atom. The number of hydrogen-bond donors (Lipinski definition) is 3. The number of carboxylic acids is 1. The fourth-order valence-corrected chi connectivity index (χ4v) is 2.17. The summed E-state index contributed by atoms with van der Waals surface area (Å²) in [6.45, 7) is 0. The number of nitrogen functional groups attached to an aromatic ring is 1. The highest BCUT2D eigenvalue weighted by Crippen LogP contribution is 2.36. The van der Waals surface area contributed by atoms with Crippen molar-refractivity contribution in [1.29, 1.82) is 0 Å². The van der Waals surface area contributed by atoms with E-state index in [1.165, 1.54) is 11.3 Å². The zero-order valence-corrected chi connectivity index (χ0v) is 7.84. The van der Waals surface area contributed by atoms with Gasteiger partial charge >= 0.3 is 5.97 Å². The van der Waals surface area contributed by atoms with Crippen LogP contribution < -0.4 is 5.73 Å². The van der Waals surface area contributed by atoms with Crippen LogP contribution in [-0.4, -0.2) is 16.2 Å². The van der Waals surface area contributed by atoms with E-state index in [0.717, 1.165) is 5.39 Å². The molecule has 0 fully saturated rings. The molecule has 5 heteroatoms. The van der Waals surface area contributed by atoms with Gasteiger partial charge in [0.1, 0.15) is 11.3 Å². The van der Waals surface area contributed by atoms with Crippen molar-refractivity contribution in [2.45, 2.75) is 0 Å². The number of rotatable bonds is 1. The van der Waals surface area contributed by atoms with Crippen LogP contribution in [0.4, 0.5) is 5.69 Å². The predicted molar refractivity (Wildman–Crippen MR) is 54.9 cm³/mol. The minimum atomic E-state index is -1.21. The normalized spacial score (nSPS) is 10.6. The number of anilines is 1. The Kier molecular flexibility index (Phi) is 1.82. The minimum absolute atomic E-state index is 0.0842. The number of phenols is 1. The molecular weight excluding hydrogens is 202 g/mol. The number of benzene rings is 1. The van der Waals surface area contributed by atoms with Crippen molar-refractivity contribution in [3.8, 4) is 5.75 Å². The minimum Gasteiger partial charge on any atom is -0.505 e. The Balaban J connectivity index is 2.89. The Bertz CT molecular complexity index is 518. The molecule has 14 heavy (non-hydrogen) atoms. The first-order chi connectivity index (χ1) is 6.61. The van der Waals surface area contributed by atoms with Crippen molar-refractivity contribution in [3.05, 3.63) is 23.1 Å². The molecule has 0 saturated carbocycles. The number of thiophene rings is 1. The topological polar surface area (TPSA) is 83.5 Å². The van der Waals surface area contributed by atoms with E-state index in [1.54, 1.807) is 17.5 Å². The number of fused-ring (bicyclic) bond motifs is 1. The summed E-state index contributed by atoms with van der Waals surface area (Å²) in [5.74, 6) is -1.46. The van der Waals surface area contributed by atoms with E-state index in [0.29, 0.717) is 4.70 Å². The number of hydrogen-bond acceptors (Lipinski definition) is 4. The van der Waals surface area contributed by atoms with Gasteiger partial charge in [0.15, 0.2) is 0 Å². The van der Waals surface area contributed by atoms with Gasteiger partial charge in [0, 0.05) is 0 Å². The van der Waals surface area contributed by atoms with E-state index in [-0.39, 0.29) is 17.0 Å². The number of aromatic carboxylic acids is 1. The van der Waals surface area contributed by atoms with Gasteiger partial charge in [-0.3, -0.25) is 0 Å². The molecule has 0 atom stereocenters. The first-order valence-electron chi connectivity index (χ1n) is 3.83. The van der Waals surface area contributed by atoms with Crippen molar-refractivity contribution in [3.63, 3.8) is 0 Å². The summed E-state index contributed by atoms with van der Waals surface area (Å²) in [6, 6.07) is 3.33. The highest BCUT2D eigenvalue weighted by Gasteiger charge is 2.17. The van der Waals surface area contributed by atoms with Gasteiger partial charge in [0.2, 0.25) is 0 Å². The second-order valence-electron chi connectivity index (χ2n) is 2.83. The lowest BCUT2D eigenvalue weighted by molar-refractivity contribution is 0.0695. The Morgan fingerprint density at radius 2 is 2.21 bits per heavy atom. The lowest BCUT2D eigenvalue weighted by Crippen LogP contribution is -2.02. The van der Waals surface area contributed by atoms with Crippen LogP contribution >= 0.6 is 11.3 Å². The van der Waals surface area contributed by atoms with Gasteiger partial charge in [-0.15, -0.1) is 11.3 Å². The second kappa shape index (κ2) is 2.88. The van der Waals surface area contributed by atoms with Crippen LogP contribution in [-0.2, 0) is 0 Å². The molecule has 0 amide bonds. The predicted octanol–water partition coefficient (Wildman–Crippen LogP) is 1.89. The fourth-order valence-electron chi connectivity index (χ4n) is 1.34. The van der Waals surface area contributed by atoms with Crippen LogP contribution in [0.5, 0.6) is 5.75 Å². The van der Waals surface area contributed by atoms with Gasteiger partial charge in [-0.1, -0.05) is 0 Å². The molecule has 0 spiro atoms. The zero-order chi connectivity index (χ0) is 10.3. The maximum absolute atomic E-state index is 10.8. The van der Waals surface area contributed by atoms with Gasteiger partial charge in [-0.2, -0.15) is 0 Å². The number of carbonyl (C=O) groups is 1. The Morgan fingerprint density at radius 1 is 1.50 bits per heavy atom. The van der Waals surface area contributed by atoms with E-state index >= 15 is 0 Å². The monoisotopic (exact) mass is 209 g/mol. The van der Waals surface area contributed by atoms with Crippen molar-refractivity contribution in [2.24, 2.45) is 0 Å². The first-order valence-corrected chi connectivity index (χ1v) is 4.71. The first kappa shape index (κ1) is 8.83. The van der Waals surface area contributed by atoms with E-state index in [1.807, 2.05) is 0 Å². The summed E-state index contributed by atoms with van der Waals surface area (Å²) in [4.78, 5) is 10.8. The highest BCUT2D eigenvalue weighted by molar-refractivity contribution is 7.17. The van der Waals surface area contributed by atoms with Gasteiger partial charge < -0.3 is 15.9 Å². The molecule has 0 radical (unpaired) electrons. The third-order valence-corrected chi connectivity index (χ3v) is 2.90. The average molecular weight is 209 g/mol. The molecule has 0 aliphatic heterocycles. The summed E-state index contributed by atoms with van der Waals surface area (Å²) >= 11 is 1.29. The molecule has 0 saturated heterocycles. The van der Waals surface area contributed by atoms with Gasteiger partial charge in [0.05, 0.1) is 10.4 Å². The van der Waals surface area contributed by atoms with Crippen LogP contribution in [0.25, 0.3) is 10.1 Å². The summed E-state index contributed by atoms with van der Waals surface area (Å²) in [7, 11) is 0. The van der Waals surface area contributed by atoms with Gasteiger partial charge in [-0.25, -0.2) is 4.79 Å². The van der Waals surface area contributed by atoms with E-state index in [9.17, 15) is 9.90 Å². The molecule has 0 aliphatic rings. The lowest BCUT2D eigenvalue weighted by atomic mass is 10.1. The fraction of sp³-hybridized carbons (Fsp3) is 0. The van der Waals surface area contributed by atoms with Crippen molar-refractivity contribution >= 4 is 33.1 Å². The van der Waals surface area contributed by atoms with Crippen LogP contribution in [0.2, 0.25) is 0 Å². The highest BCUT2D eigenvalue weighted by atomic mass is 32.1. The molecule has 2 rings (SSSR count). The molecule has 1 aromatic carbocycles. The summed E-state index contributed by atoms with van der Waals surface area (Å²) in [5, 5.41) is 21.0. The summed E-state index contributed by atoms with van der Waals surface area (Å²) in [6.07, 6.45) is 0. The van der Waals surface area contributed by atoms with E-state index in [2.05, 4.69) is 0 Å². The zero-order valence-electron chi connectivity index (χ0n) is 7.02. The van der Waals surface area contributed by atoms with Gasteiger partial charge in [0.25, 0.3) is 0 Å². The third kappa shape index (κ3) is 1.10. The number of aromatic hydroxyl groups is 1. The maximum Gasteiger partial charge on any atom is 0.341 e. The van der Waals surface area contributed by atoms with Crippen LogP contribution in [0.1, 0.15) is 10.4 Å². The standard InChI is InChI=1S/C9H7NO3S/c10-5-3-4-1-2-14-8(4)7(11)6(5)9(12)13/h1-3,11H,10H2,(H,12,13). The van der Waals surface area contributed by atoms with Crippen LogP contribution in [0.3, 0.4) is 0 Å². The molecule has 2 aromatic rings. The quantitative estimate of drug-likeness (QED) is 0.626. The average Bonchev–Trinajstić information content (AvgIpc) is 2.50. The molecule has 1 heterocycles. The van der Waals surface area contributed by atoms with Crippen molar-refractivity contribution in [1.82, 2.24) is 0 Å². The number of nitrogens with two attached hydrogens (primary N) is 1. The molecule has 1 aromatic heterocycles. The molecule has 4 nitrogen and oxygen atoms in total. The summed E-state index contributed by atoms with van der Waals surface area (Å²) in [5.41, 5.74) is 5.37. The molecule has 0 bridgehead atoms. The largest absolute Gasteiger partial charge is 0.505 e. The van der Waals surface area contributed by atoms with Crippen molar-refractivity contribution in [2.75, 3.05) is 5.73 Å². The number of carboxylic acid groups (broad SMARTS) is 1. The maximum atomic E-state index is 10.8. The molecule has 72 valence electrons.